The van der Waals surface area contributed by atoms with Gasteiger partial charge in [0, 0.05) is 30.7 Å². The summed E-state index contributed by atoms with van der Waals surface area (Å²) < 4.78 is 70.5. The second-order valence-corrected chi connectivity index (χ2v) is 9.36. The van der Waals surface area contributed by atoms with Crippen molar-refractivity contribution in [2.45, 2.75) is 11.1 Å². The van der Waals surface area contributed by atoms with Crippen LogP contribution in [0.4, 0.5) is 13.2 Å². The van der Waals surface area contributed by atoms with Gasteiger partial charge in [-0.25, -0.2) is 8.42 Å². The summed E-state index contributed by atoms with van der Waals surface area (Å²) in [7, 11) is -2.47. The molecule has 0 radical (unpaired) electrons. The highest BCUT2D eigenvalue weighted by molar-refractivity contribution is 9.10. The number of ether oxygens (including phenoxy) is 1. The van der Waals surface area contributed by atoms with E-state index in [2.05, 4.69) is 15.9 Å². The number of benzene rings is 2. The van der Waals surface area contributed by atoms with Gasteiger partial charge in [-0.05, 0) is 58.4 Å². The summed E-state index contributed by atoms with van der Waals surface area (Å²) in [5, 5.41) is 0. The van der Waals surface area contributed by atoms with E-state index < -0.39 is 21.8 Å². The molecule has 1 aliphatic heterocycles. The maximum atomic E-state index is 12.8. The highest BCUT2D eigenvalue weighted by Crippen LogP contribution is 2.30. The lowest BCUT2D eigenvalue weighted by Crippen LogP contribution is -2.50. The number of piperazine rings is 1. The van der Waals surface area contributed by atoms with Crippen molar-refractivity contribution in [3.63, 3.8) is 0 Å². The zero-order valence-corrected chi connectivity index (χ0v) is 18.2. The summed E-state index contributed by atoms with van der Waals surface area (Å²) in [4.78, 5) is 14.1. The van der Waals surface area contributed by atoms with E-state index in [1.165, 1.54) is 16.3 Å². The van der Waals surface area contributed by atoms with Crippen LogP contribution in [0, 0.1) is 0 Å². The van der Waals surface area contributed by atoms with Crippen molar-refractivity contribution in [2.24, 2.45) is 0 Å². The molecule has 0 N–H and O–H groups in total. The number of nitrogens with zero attached hydrogens (tertiary/aromatic N) is 2. The van der Waals surface area contributed by atoms with Crippen molar-refractivity contribution in [3.8, 4) is 5.75 Å². The van der Waals surface area contributed by atoms with Crippen LogP contribution in [0.15, 0.2) is 51.8 Å². The zero-order chi connectivity index (χ0) is 22.1. The molecule has 0 bridgehead atoms. The largest absolute Gasteiger partial charge is 0.497 e. The Bertz CT molecular complexity index is 1030. The molecule has 2 aromatic rings. The average molecular weight is 507 g/mol. The summed E-state index contributed by atoms with van der Waals surface area (Å²) in [5.74, 6) is 0.248. The Kier molecular flexibility index (Phi) is 6.44. The van der Waals surface area contributed by atoms with Crippen LogP contribution in [-0.4, -0.2) is 56.8 Å². The second-order valence-electron chi connectivity index (χ2n) is 6.56. The maximum Gasteiger partial charge on any atom is 0.416 e. The first-order chi connectivity index (χ1) is 14.0. The lowest BCUT2D eigenvalue weighted by Gasteiger charge is -2.34. The minimum Gasteiger partial charge on any atom is -0.497 e. The third kappa shape index (κ3) is 4.62. The normalized spacial score (nSPS) is 15.8. The number of sulfonamides is 1. The Morgan fingerprint density at radius 3 is 2.17 bits per heavy atom. The van der Waals surface area contributed by atoms with Crippen molar-refractivity contribution in [3.05, 3.63) is 58.1 Å². The summed E-state index contributed by atoms with van der Waals surface area (Å²) in [6.45, 7) is 0.387. The topological polar surface area (TPSA) is 66.9 Å². The van der Waals surface area contributed by atoms with Gasteiger partial charge in [-0.1, -0.05) is 0 Å². The molecule has 1 heterocycles. The van der Waals surface area contributed by atoms with E-state index in [1.807, 2.05) is 0 Å². The average Bonchev–Trinajstić information content (AvgIpc) is 2.73. The quantitative estimate of drug-likeness (QED) is 0.635. The van der Waals surface area contributed by atoms with Crippen LogP contribution in [0.5, 0.6) is 5.75 Å². The van der Waals surface area contributed by atoms with Gasteiger partial charge in [-0.15, -0.1) is 0 Å². The van der Waals surface area contributed by atoms with Gasteiger partial charge in [0.1, 0.15) is 5.75 Å². The van der Waals surface area contributed by atoms with E-state index in [1.54, 1.807) is 18.2 Å². The van der Waals surface area contributed by atoms with Crippen LogP contribution in [0.2, 0.25) is 0 Å². The molecule has 11 heteroatoms. The predicted octanol–water partition coefficient (Wildman–Crippen LogP) is 3.62. The zero-order valence-electron chi connectivity index (χ0n) is 15.8. The highest BCUT2D eigenvalue weighted by atomic mass is 79.9. The number of carbonyl (C=O) groups is 1. The summed E-state index contributed by atoms with van der Waals surface area (Å²) >= 11 is 3.33. The smallest absolute Gasteiger partial charge is 0.416 e. The maximum absolute atomic E-state index is 12.8. The van der Waals surface area contributed by atoms with Crippen molar-refractivity contribution in [2.75, 3.05) is 33.3 Å². The molecular weight excluding hydrogens is 489 g/mol. The van der Waals surface area contributed by atoms with Gasteiger partial charge in [0.15, 0.2) is 0 Å². The molecule has 3 rings (SSSR count). The first-order valence-corrected chi connectivity index (χ1v) is 11.1. The molecule has 2 aromatic carbocycles. The van der Waals surface area contributed by atoms with E-state index in [9.17, 15) is 26.4 Å². The van der Waals surface area contributed by atoms with Gasteiger partial charge in [0.05, 0.1) is 23.1 Å². The second kappa shape index (κ2) is 8.56. The van der Waals surface area contributed by atoms with E-state index in [-0.39, 0.29) is 37.0 Å². The molecule has 0 saturated carbocycles. The number of hydrogen-bond acceptors (Lipinski definition) is 4. The van der Waals surface area contributed by atoms with Gasteiger partial charge in [0.2, 0.25) is 10.0 Å². The van der Waals surface area contributed by atoms with Crippen LogP contribution in [0.25, 0.3) is 0 Å². The Hall–Kier alpha value is -2.11. The monoisotopic (exact) mass is 506 g/mol. The van der Waals surface area contributed by atoms with Crippen molar-refractivity contribution in [1.29, 1.82) is 0 Å². The van der Waals surface area contributed by atoms with E-state index in [0.717, 1.165) is 24.3 Å². The lowest BCUT2D eigenvalue weighted by molar-refractivity contribution is -0.137. The van der Waals surface area contributed by atoms with Crippen LogP contribution in [0.3, 0.4) is 0 Å². The number of carbonyl (C=O) groups excluding carboxylic acids is 1. The fourth-order valence-electron chi connectivity index (χ4n) is 3.06. The molecule has 0 unspecified atom stereocenters. The molecule has 0 aromatic heterocycles. The molecule has 162 valence electrons. The minimum absolute atomic E-state index is 0.0384. The van der Waals surface area contributed by atoms with Gasteiger partial charge in [-0.3, -0.25) is 4.79 Å². The first kappa shape index (κ1) is 22.6. The molecule has 6 nitrogen and oxygen atoms in total. The molecule has 1 saturated heterocycles. The lowest BCUT2D eigenvalue weighted by atomic mass is 10.1. The highest BCUT2D eigenvalue weighted by Gasteiger charge is 2.33. The standard InChI is InChI=1S/C19H18BrF3N2O4S/c1-29-14-4-7-17(20)16(12-14)18(26)24-8-10-25(11-9-24)30(27,28)15-5-2-13(3-6-15)19(21,22)23/h2-7,12H,8-11H2,1H3. The number of amides is 1. The van der Waals surface area contributed by atoms with Crippen molar-refractivity contribution >= 4 is 31.9 Å². The van der Waals surface area contributed by atoms with Crippen LogP contribution in [0.1, 0.15) is 15.9 Å². The number of hydrogen-bond donors (Lipinski definition) is 0. The van der Waals surface area contributed by atoms with Gasteiger partial charge < -0.3 is 9.64 Å². The van der Waals surface area contributed by atoms with Crippen LogP contribution < -0.4 is 4.74 Å². The molecule has 1 fully saturated rings. The fraction of sp³-hybridized carbons (Fsp3) is 0.316. The molecule has 1 aliphatic rings. The number of methoxy groups -OCH3 is 1. The predicted molar refractivity (Wildman–Crippen MR) is 107 cm³/mol. The third-order valence-corrected chi connectivity index (χ3v) is 7.35. The Morgan fingerprint density at radius 2 is 1.63 bits per heavy atom. The summed E-state index contributed by atoms with van der Waals surface area (Å²) in [5.41, 5.74) is -0.519. The Morgan fingerprint density at radius 1 is 1.03 bits per heavy atom. The molecule has 0 atom stereocenters. The van der Waals surface area contributed by atoms with Crippen LogP contribution in [-0.2, 0) is 16.2 Å². The fourth-order valence-corrected chi connectivity index (χ4v) is 4.90. The number of alkyl halides is 3. The number of rotatable bonds is 4. The third-order valence-electron chi connectivity index (χ3n) is 4.75. The first-order valence-electron chi connectivity index (χ1n) is 8.84. The number of halogens is 4. The molecular formula is C19H18BrF3N2O4S. The molecule has 0 spiro atoms. The molecule has 1 amide bonds. The SMILES string of the molecule is COc1ccc(Br)c(C(=O)N2CCN(S(=O)(=O)c3ccc(C(F)(F)F)cc3)CC2)c1. The Balaban J connectivity index is 1.71. The Labute approximate surface area is 180 Å². The molecule has 0 aliphatic carbocycles. The van der Waals surface area contributed by atoms with Crippen molar-refractivity contribution < 1.29 is 31.1 Å². The molecule has 30 heavy (non-hydrogen) atoms. The summed E-state index contributed by atoms with van der Waals surface area (Å²) in [6.07, 6.45) is -4.54. The van der Waals surface area contributed by atoms with Crippen LogP contribution >= 0.6 is 15.9 Å². The van der Waals surface area contributed by atoms with E-state index in [0.29, 0.717) is 15.8 Å². The van der Waals surface area contributed by atoms with Gasteiger partial charge in [0.25, 0.3) is 5.91 Å². The van der Waals surface area contributed by atoms with E-state index in [4.69, 9.17) is 4.74 Å². The van der Waals surface area contributed by atoms with Gasteiger partial charge >= 0.3 is 6.18 Å². The minimum atomic E-state index is -4.54. The van der Waals surface area contributed by atoms with Crippen molar-refractivity contribution in [1.82, 2.24) is 9.21 Å². The van der Waals surface area contributed by atoms with E-state index >= 15 is 0 Å². The summed E-state index contributed by atoms with van der Waals surface area (Å²) in [6, 6.07) is 8.37. The van der Waals surface area contributed by atoms with Gasteiger partial charge in [-0.2, -0.15) is 17.5 Å².